The molecule has 2 saturated heterocycles. The van der Waals surface area contributed by atoms with E-state index >= 15 is 0 Å². The molecule has 0 unspecified atom stereocenters. The highest BCUT2D eigenvalue weighted by Crippen LogP contribution is 2.20. The molecule has 0 aliphatic carbocycles. The molecule has 2 fully saturated rings. The standard InChI is InChI=1S/C19H37N3O2/c1-19(2,3)24-18(23)22-13-8-17(9-14-22)15-20-10-5-16-6-11-21(4)12-7-16/h16-17,20H,5-15H2,1-4H3. The van der Waals surface area contributed by atoms with Gasteiger partial charge >= 0.3 is 6.09 Å². The van der Waals surface area contributed by atoms with Crippen LogP contribution in [0.3, 0.4) is 0 Å². The minimum Gasteiger partial charge on any atom is -0.444 e. The SMILES string of the molecule is CN1CCC(CCNCC2CCN(C(=O)OC(C)(C)C)CC2)CC1. The molecule has 0 aromatic rings. The summed E-state index contributed by atoms with van der Waals surface area (Å²) in [7, 11) is 2.22. The molecule has 24 heavy (non-hydrogen) atoms. The van der Waals surface area contributed by atoms with E-state index in [1.807, 2.05) is 25.7 Å². The zero-order valence-electron chi connectivity index (χ0n) is 16.1. The Morgan fingerprint density at radius 3 is 2.21 bits per heavy atom. The molecular formula is C19H37N3O2. The number of hydrogen-bond donors (Lipinski definition) is 1. The molecule has 140 valence electrons. The molecule has 5 heteroatoms. The Kier molecular flexibility index (Phi) is 7.35. The fourth-order valence-electron chi connectivity index (χ4n) is 3.61. The van der Waals surface area contributed by atoms with Crippen molar-refractivity contribution >= 4 is 6.09 Å². The smallest absolute Gasteiger partial charge is 0.410 e. The lowest BCUT2D eigenvalue weighted by atomic mass is 9.93. The minimum absolute atomic E-state index is 0.156. The largest absolute Gasteiger partial charge is 0.444 e. The first kappa shape index (κ1) is 19.5. The van der Waals surface area contributed by atoms with Crippen molar-refractivity contribution in [1.82, 2.24) is 15.1 Å². The van der Waals surface area contributed by atoms with Gasteiger partial charge in [0.25, 0.3) is 0 Å². The Bertz CT molecular complexity index is 379. The van der Waals surface area contributed by atoms with Gasteiger partial charge in [0.2, 0.25) is 0 Å². The molecule has 1 amide bonds. The predicted molar refractivity (Wildman–Crippen MR) is 98.2 cm³/mol. The second kappa shape index (κ2) is 9.04. The first-order chi connectivity index (χ1) is 11.3. The quantitative estimate of drug-likeness (QED) is 0.782. The maximum atomic E-state index is 12.1. The van der Waals surface area contributed by atoms with E-state index in [1.165, 1.54) is 32.4 Å². The van der Waals surface area contributed by atoms with Crippen LogP contribution < -0.4 is 5.32 Å². The highest BCUT2D eigenvalue weighted by molar-refractivity contribution is 5.68. The van der Waals surface area contributed by atoms with Crippen LogP contribution in [-0.2, 0) is 4.74 Å². The number of nitrogens with one attached hydrogen (secondary N) is 1. The first-order valence-corrected chi connectivity index (χ1v) is 9.70. The number of piperidine rings is 2. The zero-order chi connectivity index (χ0) is 17.6. The molecule has 0 atom stereocenters. The minimum atomic E-state index is -0.399. The second-order valence-electron chi connectivity index (χ2n) is 8.65. The fourth-order valence-corrected chi connectivity index (χ4v) is 3.61. The van der Waals surface area contributed by atoms with Gasteiger partial charge in [-0.2, -0.15) is 0 Å². The molecule has 0 aromatic carbocycles. The van der Waals surface area contributed by atoms with E-state index in [-0.39, 0.29) is 6.09 Å². The lowest BCUT2D eigenvalue weighted by Gasteiger charge is -2.33. The van der Waals surface area contributed by atoms with E-state index in [0.717, 1.165) is 44.9 Å². The van der Waals surface area contributed by atoms with Crippen molar-refractivity contribution in [2.45, 2.75) is 58.5 Å². The van der Waals surface area contributed by atoms with E-state index in [0.29, 0.717) is 5.92 Å². The van der Waals surface area contributed by atoms with Gasteiger partial charge in [-0.15, -0.1) is 0 Å². The highest BCUT2D eigenvalue weighted by Gasteiger charge is 2.26. The van der Waals surface area contributed by atoms with Crippen LogP contribution in [0.1, 0.15) is 52.9 Å². The fraction of sp³-hybridized carbons (Fsp3) is 0.947. The third kappa shape index (κ3) is 6.98. The van der Waals surface area contributed by atoms with Crippen molar-refractivity contribution in [3.8, 4) is 0 Å². The van der Waals surface area contributed by atoms with Crippen LogP contribution in [0, 0.1) is 11.8 Å². The molecule has 0 spiro atoms. The number of nitrogens with zero attached hydrogens (tertiary/aromatic N) is 2. The predicted octanol–water partition coefficient (Wildman–Crippen LogP) is 2.96. The maximum Gasteiger partial charge on any atom is 0.410 e. The van der Waals surface area contributed by atoms with Crippen molar-refractivity contribution in [2.75, 3.05) is 46.3 Å². The number of amides is 1. The Hall–Kier alpha value is -0.810. The van der Waals surface area contributed by atoms with Crippen LogP contribution in [0.15, 0.2) is 0 Å². The Morgan fingerprint density at radius 2 is 1.62 bits per heavy atom. The van der Waals surface area contributed by atoms with Crippen LogP contribution in [0.25, 0.3) is 0 Å². The zero-order valence-corrected chi connectivity index (χ0v) is 16.1. The van der Waals surface area contributed by atoms with Gasteiger partial charge in [-0.05, 0) is 97.9 Å². The van der Waals surface area contributed by atoms with Crippen molar-refractivity contribution < 1.29 is 9.53 Å². The van der Waals surface area contributed by atoms with E-state index < -0.39 is 5.60 Å². The molecule has 2 aliphatic rings. The summed E-state index contributed by atoms with van der Waals surface area (Å²) in [6, 6.07) is 0. The highest BCUT2D eigenvalue weighted by atomic mass is 16.6. The molecule has 0 aromatic heterocycles. The number of likely N-dealkylation sites (tertiary alicyclic amines) is 2. The van der Waals surface area contributed by atoms with Crippen LogP contribution in [0.5, 0.6) is 0 Å². The van der Waals surface area contributed by atoms with E-state index in [9.17, 15) is 4.79 Å². The Labute approximate surface area is 148 Å². The summed E-state index contributed by atoms with van der Waals surface area (Å²) < 4.78 is 5.45. The average Bonchev–Trinajstić information content (AvgIpc) is 2.52. The molecule has 0 bridgehead atoms. The molecule has 2 aliphatic heterocycles. The molecule has 1 N–H and O–H groups in total. The first-order valence-electron chi connectivity index (χ1n) is 9.70. The summed E-state index contributed by atoms with van der Waals surface area (Å²) in [4.78, 5) is 16.4. The Balaban J connectivity index is 1.54. The van der Waals surface area contributed by atoms with Gasteiger partial charge < -0.3 is 19.9 Å². The number of hydrogen-bond acceptors (Lipinski definition) is 4. The van der Waals surface area contributed by atoms with Crippen LogP contribution in [-0.4, -0.2) is 67.8 Å². The van der Waals surface area contributed by atoms with Crippen LogP contribution >= 0.6 is 0 Å². The monoisotopic (exact) mass is 339 g/mol. The molecular weight excluding hydrogens is 302 g/mol. The summed E-state index contributed by atoms with van der Waals surface area (Å²) in [6.45, 7) is 12.2. The van der Waals surface area contributed by atoms with E-state index in [4.69, 9.17) is 4.74 Å². The molecule has 2 heterocycles. The van der Waals surface area contributed by atoms with Crippen molar-refractivity contribution in [3.05, 3.63) is 0 Å². The van der Waals surface area contributed by atoms with Crippen LogP contribution in [0.4, 0.5) is 4.79 Å². The van der Waals surface area contributed by atoms with Gasteiger partial charge in [0.05, 0.1) is 0 Å². The van der Waals surface area contributed by atoms with Gasteiger partial charge in [-0.3, -0.25) is 0 Å². The van der Waals surface area contributed by atoms with Crippen molar-refractivity contribution in [3.63, 3.8) is 0 Å². The molecule has 0 radical (unpaired) electrons. The van der Waals surface area contributed by atoms with Crippen molar-refractivity contribution in [2.24, 2.45) is 11.8 Å². The number of carbonyl (C=O) groups excluding carboxylic acids is 1. The number of carbonyl (C=O) groups is 1. The third-order valence-electron chi connectivity index (χ3n) is 5.27. The van der Waals surface area contributed by atoms with Gasteiger partial charge in [0.15, 0.2) is 0 Å². The summed E-state index contributed by atoms with van der Waals surface area (Å²) >= 11 is 0. The Morgan fingerprint density at radius 1 is 1.04 bits per heavy atom. The molecule has 0 saturated carbocycles. The van der Waals surface area contributed by atoms with Gasteiger partial charge in [0.1, 0.15) is 5.60 Å². The van der Waals surface area contributed by atoms with Gasteiger partial charge in [0, 0.05) is 13.1 Å². The van der Waals surface area contributed by atoms with Gasteiger partial charge in [-0.25, -0.2) is 4.79 Å². The normalized spacial score (nSPS) is 21.9. The topological polar surface area (TPSA) is 44.8 Å². The van der Waals surface area contributed by atoms with E-state index in [1.54, 1.807) is 0 Å². The maximum absolute atomic E-state index is 12.1. The number of ether oxygens (including phenoxy) is 1. The molecule has 2 rings (SSSR count). The summed E-state index contributed by atoms with van der Waals surface area (Å²) in [6.07, 6.45) is 6.03. The van der Waals surface area contributed by atoms with Gasteiger partial charge in [-0.1, -0.05) is 0 Å². The van der Waals surface area contributed by atoms with Crippen molar-refractivity contribution in [1.29, 1.82) is 0 Å². The summed E-state index contributed by atoms with van der Waals surface area (Å²) in [5.74, 6) is 1.60. The third-order valence-corrected chi connectivity index (χ3v) is 5.27. The second-order valence-corrected chi connectivity index (χ2v) is 8.65. The summed E-state index contributed by atoms with van der Waals surface area (Å²) in [5, 5.41) is 3.65. The molecule has 5 nitrogen and oxygen atoms in total. The average molecular weight is 340 g/mol. The lowest BCUT2D eigenvalue weighted by Crippen LogP contribution is -2.43. The number of rotatable bonds is 5. The lowest BCUT2D eigenvalue weighted by molar-refractivity contribution is 0.0184. The van der Waals surface area contributed by atoms with Crippen LogP contribution in [0.2, 0.25) is 0 Å². The summed E-state index contributed by atoms with van der Waals surface area (Å²) in [5.41, 5.74) is -0.399. The van der Waals surface area contributed by atoms with E-state index in [2.05, 4.69) is 17.3 Å².